The topological polar surface area (TPSA) is 503 Å². The maximum Gasteiger partial charge on any atom is 0.325 e. The van der Waals surface area contributed by atoms with E-state index < -0.39 is 102 Å². The Morgan fingerprint density at radius 2 is 0.822 bits per heavy atom. The van der Waals surface area contributed by atoms with Crippen molar-refractivity contribution in [2.24, 2.45) is 63.7 Å². The molecule has 146 heavy (non-hydrogen) atoms. The number of anilines is 8. The number of pyridine rings is 4. The van der Waals surface area contributed by atoms with Crippen LogP contribution in [-0.4, -0.2) is 215 Å². The molecule has 40 nitrogen and oxygen atoms in total. The monoisotopic (exact) mass is 2020 g/mol. The molecule has 0 aliphatic carbocycles. The number of urea groups is 3. The van der Waals surface area contributed by atoms with Gasteiger partial charge in [-0.1, -0.05) is 88.2 Å². The van der Waals surface area contributed by atoms with Crippen molar-refractivity contribution in [1.82, 2.24) is 94.4 Å². The average Bonchev–Trinajstić information content (AvgIpc) is 0.942. The maximum atomic E-state index is 14.2. The van der Waals surface area contributed by atoms with Gasteiger partial charge in [-0.3, -0.25) is 96.4 Å². The van der Waals surface area contributed by atoms with Crippen LogP contribution in [0.2, 0.25) is 5.02 Å². The van der Waals surface area contributed by atoms with Crippen molar-refractivity contribution in [2.45, 2.75) is 168 Å². The van der Waals surface area contributed by atoms with E-state index >= 15 is 0 Å². The number of halogens is 2. The number of likely N-dealkylation sites (tertiary alicyclic amines) is 4. The van der Waals surface area contributed by atoms with Crippen molar-refractivity contribution < 1.29 is 66.7 Å². The summed E-state index contributed by atoms with van der Waals surface area (Å²) >= 11 is 6.29. The van der Waals surface area contributed by atoms with E-state index in [0.29, 0.717) is 95.1 Å². The minimum absolute atomic E-state index is 0.109. The standard InChI is InChI=1S/C27H33N7O3.C26H30ClN7O3.C26H30FN7O3.C25H34N6O4/c1-6-21(19-8-7-16(2)17(3)13-19)30-27(37)34-24(26(36)33(5)23-10-12-32(4)31-23)20(25(34)35)14-18-9-11-29-22(28)15-18;1-5-20(17-7-6-15(2)19(27)14-17)30-26(37)34-23(25(36)33(4)22-9-11-32(3)31-22)18(24(34)35)12-16-8-10-29-21(28)13-16;1-5-20(17-7-6-8-19(27)15(17)2)30-26(37)34-23(25(36)33(4)22-10-12-32(3)31-22)18(24(34)35)13-16-9-11-29-21(28)14-16;1-4-17(18-6-5-11-35-15-18)14-21(32)31-22(24(34)30(3)25-28-9-10-29(25)2)19(23(31)33)12-16-7-8-27-20(26)13-16/h7-13,15,20-21,24H,6,14H2,1-5H3,(H2,28,29)(H,30,37);6-11,13-14,18,20,23H,5,12H2,1-4H3,(H2,28,29)(H,30,37);6-12,14,18,20,23H,5,13H2,1-4H3,(H2,28,29)(H,30,37);7-10,13,17-19,22H,4-6,11-12,14-15H2,1-3H3,(H2,26,27)/t20-,21-,24+;2*18-,20-,23+;17-,18?,19+,22-/m1110/s1. The number of aryl methyl sites for hydroxylation is 7. The predicted molar refractivity (Wildman–Crippen MR) is 547 cm³/mol. The van der Waals surface area contributed by atoms with Crippen LogP contribution in [0, 0.1) is 69.0 Å². The third kappa shape index (κ3) is 24.2. The lowest BCUT2D eigenvalue weighted by Gasteiger charge is -2.46. The summed E-state index contributed by atoms with van der Waals surface area (Å²) < 4.78 is 26.2. The summed E-state index contributed by atoms with van der Waals surface area (Å²) in [5.74, 6) is -3.45. The summed E-state index contributed by atoms with van der Waals surface area (Å²) in [6, 6.07) is 27.9. The Kier molecular flexibility index (Phi) is 34.8. The van der Waals surface area contributed by atoms with Crippen molar-refractivity contribution in [3.8, 4) is 0 Å². The number of carbonyl (C=O) groups excluding carboxylic acids is 12. The SMILES string of the molecule is CC[C@@H](CC(=O)N1C(=O)[C@H](Cc2ccnc(N)c2)[C@H]1C(=O)N(C)c1nccn1C)C1CCCOC1.CC[C@@H](NC(=O)N1C(=O)[C@H](Cc2ccnc(N)c2)[C@H]1C(=O)N(C)c1ccn(C)n1)c1ccc(C)c(C)c1.CC[C@@H](NC(=O)N1C(=O)[C@H](Cc2ccnc(N)c2)[C@H]1C(=O)N(C)c1ccn(C)n1)c1ccc(C)c(Cl)c1.CC[C@@H](NC(=O)N1C(=O)[C@H](Cc2ccnc(N)c2)[C@H]1C(=O)N(C)c1ccn(C)n1)c1cccc(F)c1C. The average molecular weight is 2020 g/mol. The summed E-state index contributed by atoms with van der Waals surface area (Å²) in [7, 11) is 13.3. The number of nitrogens with zero attached hydrogens (tertiary/aromatic N) is 20. The second kappa shape index (κ2) is 47.2. The number of imide groups is 4. The minimum Gasteiger partial charge on any atom is -0.384 e. The lowest BCUT2D eigenvalue weighted by molar-refractivity contribution is -0.171. The minimum atomic E-state index is -1.06. The van der Waals surface area contributed by atoms with Gasteiger partial charge in [-0.15, -0.1) is 0 Å². The van der Waals surface area contributed by atoms with Gasteiger partial charge in [-0.05, 0) is 219 Å². The van der Waals surface area contributed by atoms with E-state index in [2.05, 4.69) is 63.1 Å². The number of amides is 15. The van der Waals surface area contributed by atoms with Crippen LogP contribution in [0.1, 0.15) is 152 Å². The molecule has 16 rings (SSSR count). The van der Waals surface area contributed by atoms with Crippen molar-refractivity contribution in [3.63, 3.8) is 0 Å². The van der Waals surface area contributed by atoms with Crippen molar-refractivity contribution in [1.29, 1.82) is 0 Å². The van der Waals surface area contributed by atoms with Gasteiger partial charge in [-0.2, -0.15) is 15.3 Å². The number of nitrogens with two attached hydrogens (primary N) is 4. The number of likely N-dealkylation sites (N-methyl/N-ethyl adjacent to an activating group) is 4. The zero-order valence-electron chi connectivity index (χ0n) is 84.8. The highest BCUT2D eigenvalue weighted by Crippen LogP contribution is 2.41. The lowest BCUT2D eigenvalue weighted by Crippen LogP contribution is -2.70. The largest absolute Gasteiger partial charge is 0.384 e. The summed E-state index contributed by atoms with van der Waals surface area (Å²) in [5.41, 5.74) is 32.3. The Hall–Kier alpha value is -15.7. The summed E-state index contributed by atoms with van der Waals surface area (Å²) in [6.07, 6.45) is 20.4. The van der Waals surface area contributed by atoms with Gasteiger partial charge in [-0.25, -0.2) is 43.7 Å². The van der Waals surface area contributed by atoms with Gasteiger partial charge in [0.05, 0.1) is 41.8 Å². The molecule has 42 heteroatoms. The lowest BCUT2D eigenvalue weighted by atomic mass is 9.79. The smallest absolute Gasteiger partial charge is 0.325 e. The first-order valence-electron chi connectivity index (χ1n) is 48.4. The molecule has 0 saturated carbocycles. The number of benzene rings is 3. The van der Waals surface area contributed by atoms with Gasteiger partial charge in [0.25, 0.3) is 23.6 Å². The van der Waals surface area contributed by atoms with E-state index in [1.807, 2.05) is 71.9 Å². The predicted octanol–water partition coefficient (Wildman–Crippen LogP) is 10.7. The molecule has 11 aromatic rings. The number of carbonyl (C=O) groups is 12. The van der Waals surface area contributed by atoms with Gasteiger partial charge in [0.2, 0.25) is 35.5 Å². The molecule has 15 amide bonds. The molecule has 13 atom stereocenters. The molecule has 13 heterocycles. The quantitative estimate of drug-likeness (QED) is 0.0214. The third-order valence-electron chi connectivity index (χ3n) is 27.7. The number of nitrogen functional groups attached to an aromatic ring is 4. The maximum absolute atomic E-state index is 14.2. The Balaban J connectivity index is 0.000000163. The van der Waals surface area contributed by atoms with Crippen LogP contribution < -0.4 is 58.5 Å². The number of hydrogen-bond acceptors (Lipinski definition) is 25. The number of aromatic nitrogens is 12. The van der Waals surface area contributed by atoms with E-state index in [9.17, 15) is 61.9 Å². The molecule has 0 radical (unpaired) electrons. The fourth-order valence-electron chi connectivity index (χ4n) is 19.0. The van der Waals surface area contributed by atoms with Crippen molar-refractivity contribution in [2.75, 3.05) is 83.9 Å². The zero-order chi connectivity index (χ0) is 106. The molecule has 11 N–H and O–H groups in total. The number of ether oxygens (including phenoxy) is 1. The molecule has 5 fully saturated rings. The van der Waals surface area contributed by atoms with Gasteiger partial charge >= 0.3 is 18.1 Å². The number of β-lactam (4-membered cyclic amide) rings is 4. The second-order valence-electron chi connectivity index (χ2n) is 37.5. The van der Waals surface area contributed by atoms with Gasteiger partial charge in [0.15, 0.2) is 17.5 Å². The fourth-order valence-corrected chi connectivity index (χ4v) is 19.2. The molecule has 0 spiro atoms. The number of nitrogens with one attached hydrogen (secondary N) is 3. The molecular weight excluding hydrogens is 1890 g/mol. The molecule has 0 bridgehead atoms. The van der Waals surface area contributed by atoms with Crippen LogP contribution >= 0.6 is 11.6 Å². The van der Waals surface area contributed by atoms with Crippen LogP contribution in [-0.2, 0) is 102 Å². The van der Waals surface area contributed by atoms with Crippen molar-refractivity contribution in [3.05, 3.63) is 249 Å². The van der Waals surface area contributed by atoms with Crippen LogP contribution in [0.15, 0.2) is 177 Å². The third-order valence-corrected chi connectivity index (χ3v) is 28.1. The molecule has 8 aromatic heterocycles. The van der Waals surface area contributed by atoms with E-state index in [1.165, 1.54) is 36.8 Å². The number of rotatable bonds is 29. The Labute approximate surface area is 851 Å². The van der Waals surface area contributed by atoms with Gasteiger partial charge in [0, 0.05) is 155 Å². The summed E-state index contributed by atoms with van der Waals surface area (Å²) in [6.45, 7) is 16.8. The normalized spacial score (nSPS) is 19.0. The Morgan fingerprint density at radius 1 is 0.445 bits per heavy atom. The number of imidazole rings is 1. The van der Waals surface area contributed by atoms with Crippen LogP contribution in [0.3, 0.4) is 0 Å². The van der Waals surface area contributed by atoms with E-state index in [-0.39, 0.29) is 79.0 Å². The van der Waals surface area contributed by atoms with Crippen LogP contribution in [0.4, 0.5) is 65.4 Å². The highest BCUT2D eigenvalue weighted by Gasteiger charge is 2.60. The highest BCUT2D eigenvalue weighted by atomic mass is 35.5. The Morgan fingerprint density at radius 3 is 1.16 bits per heavy atom. The summed E-state index contributed by atoms with van der Waals surface area (Å²) in [4.78, 5) is 191. The number of hydrogen-bond donors (Lipinski definition) is 7. The van der Waals surface area contributed by atoms with Gasteiger partial charge in [0.1, 0.15) is 53.3 Å². The van der Waals surface area contributed by atoms with E-state index in [4.69, 9.17) is 39.3 Å². The molecule has 5 saturated heterocycles. The van der Waals surface area contributed by atoms with E-state index in [0.717, 1.165) is 90.6 Å². The highest BCUT2D eigenvalue weighted by molar-refractivity contribution is 6.31. The molecule has 1 unspecified atom stereocenters. The summed E-state index contributed by atoms with van der Waals surface area (Å²) in [5, 5.41) is 22.1. The zero-order valence-corrected chi connectivity index (χ0v) is 85.5. The molecule has 770 valence electrons. The molecule has 5 aliphatic rings. The molecular formula is C104H127ClFN27O13. The van der Waals surface area contributed by atoms with Crippen molar-refractivity contribution >= 4 is 130 Å². The first-order valence-corrected chi connectivity index (χ1v) is 48.8. The van der Waals surface area contributed by atoms with Gasteiger partial charge < -0.3 is 48.2 Å². The molecule has 3 aromatic carbocycles. The molecule has 5 aliphatic heterocycles. The first kappa shape index (κ1) is 108. The van der Waals surface area contributed by atoms with E-state index in [1.54, 1.807) is 216 Å². The Bertz CT molecular complexity index is 6450. The first-order chi connectivity index (χ1) is 69.6. The van der Waals surface area contributed by atoms with Crippen LogP contribution in [0.5, 0.6) is 0 Å². The second-order valence-corrected chi connectivity index (χ2v) is 37.9. The fraction of sp³-hybridized carbons (Fsp3) is 0.404. The van der Waals surface area contributed by atoms with Crippen LogP contribution in [0.25, 0.3) is 0 Å².